The van der Waals surface area contributed by atoms with Gasteiger partial charge in [0, 0.05) is 0 Å². The van der Waals surface area contributed by atoms with E-state index in [0.29, 0.717) is 11.1 Å². The van der Waals surface area contributed by atoms with Crippen molar-refractivity contribution >= 4 is 26.2 Å². The number of aromatic nitrogens is 2. The van der Waals surface area contributed by atoms with Gasteiger partial charge in [-0.15, -0.1) is 0 Å². The summed E-state index contributed by atoms with van der Waals surface area (Å²) in [6.45, 7) is 0. The first-order valence-electron chi connectivity index (χ1n) is 6.76. The molecule has 0 radical (unpaired) electrons. The van der Waals surface area contributed by atoms with Gasteiger partial charge in [0.25, 0.3) is 0 Å². The van der Waals surface area contributed by atoms with Crippen molar-refractivity contribution in [1.82, 2.24) is 9.97 Å². The first kappa shape index (κ1) is 15.1. The standard InChI is InChI=1S/C16H14N6Se/c17-15(18)9-1-3-11(21-7-9)13-5-6-14(23-13)12-4-2-10(8-22-12)16(19)20/h1-8H,(H3,17,18)(H3,19,20). The van der Waals surface area contributed by atoms with Crippen molar-refractivity contribution in [3.8, 4) is 20.3 Å². The third-order valence-corrected chi connectivity index (χ3v) is 5.63. The Hall–Kier alpha value is -2.76. The fourth-order valence-electron chi connectivity index (χ4n) is 2.01. The van der Waals surface area contributed by atoms with Gasteiger partial charge in [-0.25, -0.2) is 0 Å². The van der Waals surface area contributed by atoms with Gasteiger partial charge in [0.2, 0.25) is 0 Å². The van der Waals surface area contributed by atoms with E-state index in [1.165, 1.54) is 0 Å². The van der Waals surface area contributed by atoms with Crippen molar-refractivity contribution in [2.75, 3.05) is 0 Å². The molecule has 0 spiro atoms. The Labute approximate surface area is 139 Å². The molecule has 6 N–H and O–H groups in total. The van der Waals surface area contributed by atoms with Crippen molar-refractivity contribution in [3.63, 3.8) is 0 Å². The van der Waals surface area contributed by atoms with Gasteiger partial charge in [0.05, 0.1) is 0 Å². The average molecular weight is 369 g/mol. The third kappa shape index (κ3) is 3.20. The zero-order chi connectivity index (χ0) is 16.4. The van der Waals surface area contributed by atoms with Crippen LogP contribution in [0, 0.1) is 10.8 Å². The second-order valence-corrected chi connectivity index (χ2v) is 7.13. The number of nitrogens with one attached hydrogen (secondary N) is 2. The van der Waals surface area contributed by atoms with Crippen LogP contribution in [0.5, 0.6) is 0 Å². The SMILES string of the molecule is N=C(N)c1ccc(-c2ccc(-c3ccc(C(=N)N)cn3)[se]2)nc1. The minimum absolute atomic E-state index is 0.0172. The molecule has 0 aliphatic rings. The molecule has 0 aromatic carbocycles. The molecule has 0 unspecified atom stereocenters. The number of hydrogen-bond acceptors (Lipinski definition) is 4. The molecule has 0 aliphatic heterocycles. The summed E-state index contributed by atoms with van der Waals surface area (Å²) in [6.07, 6.45) is 3.24. The molecule has 3 aromatic heterocycles. The van der Waals surface area contributed by atoms with Crippen LogP contribution in [0.4, 0.5) is 0 Å². The summed E-state index contributed by atoms with van der Waals surface area (Å²) in [5.41, 5.74) is 13.9. The van der Waals surface area contributed by atoms with E-state index < -0.39 is 0 Å². The summed E-state index contributed by atoms with van der Waals surface area (Å²) in [5, 5.41) is 14.8. The van der Waals surface area contributed by atoms with E-state index in [1.807, 2.05) is 24.3 Å². The maximum atomic E-state index is 7.39. The van der Waals surface area contributed by atoms with Gasteiger partial charge in [0.1, 0.15) is 0 Å². The normalized spacial score (nSPS) is 10.4. The summed E-state index contributed by atoms with van der Waals surface area (Å²) < 4.78 is 2.31. The zero-order valence-corrected chi connectivity index (χ0v) is 13.8. The Bertz CT molecular complexity index is 792. The maximum absolute atomic E-state index is 7.39. The van der Waals surface area contributed by atoms with Crippen molar-refractivity contribution in [1.29, 1.82) is 10.8 Å². The van der Waals surface area contributed by atoms with Crippen molar-refractivity contribution in [2.45, 2.75) is 0 Å². The molecule has 3 heterocycles. The van der Waals surface area contributed by atoms with E-state index in [1.54, 1.807) is 24.5 Å². The Morgan fingerprint density at radius 3 is 1.48 bits per heavy atom. The summed E-state index contributed by atoms with van der Waals surface area (Å²) in [5.74, 6) is 0.0343. The molecule has 0 fully saturated rings. The summed E-state index contributed by atoms with van der Waals surface area (Å²) in [4.78, 5) is 8.75. The molecule has 0 saturated heterocycles. The molecular formula is C16H14N6Se. The van der Waals surface area contributed by atoms with Crippen LogP contribution in [0.25, 0.3) is 20.3 Å². The molecule has 7 heteroatoms. The first-order chi connectivity index (χ1) is 11.0. The number of pyridine rings is 2. The quantitative estimate of drug-likeness (QED) is 0.315. The van der Waals surface area contributed by atoms with Crippen molar-refractivity contribution in [3.05, 3.63) is 59.9 Å². The van der Waals surface area contributed by atoms with Crippen LogP contribution in [0.2, 0.25) is 0 Å². The molecule has 0 saturated carbocycles. The fraction of sp³-hybridized carbons (Fsp3) is 0. The number of amidine groups is 2. The molecule has 0 atom stereocenters. The Morgan fingerprint density at radius 1 is 0.739 bits per heavy atom. The third-order valence-electron chi connectivity index (χ3n) is 3.26. The molecule has 0 bridgehead atoms. The number of rotatable bonds is 4. The van der Waals surface area contributed by atoms with Crippen molar-refractivity contribution < 1.29 is 0 Å². The molecule has 6 nitrogen and oxygen atoms in total. The zero-order valence-electron chi connectivity index (χ0n) is 12.1. The number of nitrogen functional groups attached to an aromatic ring is 2. The second kappa shape index (κ2) is 6.16. The van der Waals surface area contributed by atoms with Gasteiger partial charge < -0.3 is 0 Å². The van der Waals surface area contributed by atoms with Crippen LogP contribution in [-0.2, 0) is 0 Å². The van der Waals surface area contributed by atoms with E-state index in [9.17, 15) is 0 Å². The van der Waals surface area contributed by atoms with E-state index in [2.05, 4.69) is 9.97 Å². The van der Waals surface area contributed by atoms with Crippen molar-refractivity contribution in [2.24, 2.45) is 11.5 Å². The van der Waals surface area contributed by atoms with E-state index in [-0.39, 0.29) is 26.2 Å². The fourth-order valence-corrected chi connectivity index (χ4v) is 4.02. The van der Waals surface area contributed by atoms with Crippen LogP contribution in [0.15, 0.2) is 48.8 Å². The molecule has 3 aromatic rings. The topological polar surface area (TPSA) is 126 Å². The number of nitrogens with two attached hydrogens (primary N) is 2. The monoisotopic (exact) mass is 370 g/mol. The number of hydrogen-bond donors (Lipinski definition) is 4. The molecule has 0 aliphatic carbocycles. The van der Waals surface area contributed by atoms with Crippen LogP contribution in [0.1, 0.15) is 11.1 Å². The number of nitrogens with zero attached hydrogens (tertiary/aromatic N) is 2. The molecular weight excluding hydrogens is 355 g/mol. The van der Waals surface area contributed by atoms with E-state index in [4.69, 9.17) is 22.3 Å². The second-order valence-electron chi connectivity index (χ2n) is 4.86. The van der Waals surface area contributed by atoms with Gasteiger partial charge in [0.15, 0.2) is 0 Å². The molecule has 114 valence electrons. The van der Waals surface area contributed by atoms with Gasteiger partial charge in [-0.05, 0) is 0 Å². The van der Waals surface area contributed by atoms with Gasteiger partial charge in [-0.3, -0.25) is 0 Å². The molecule has 3 rings (SSSR count). The first-order valence-corrected chi connectivity index (χ1v) is 8.47. The minimum atomic E-state index is 0.0172. The van der Waals surface area contributed by atoms with Gasteiger partial charge in [-0.2, -0.15) is 0 Å². The van der Waals surface area contributed by atoms with E-state index in [0.717, 1.165) is 20.3 Å². The van der Waals surface area contributed by atoms with E-state index >= 15 is 0 Å². The van der Waals surface area contributed by atoms with Crippen LogP contribution < -0.4 is 11.5 Å². The van der Waals surface area contributed by atoms with Crippen LogP contribution >= 0.6 is 0 Å². The average Bonchev–Trinajstić information content (AvgIpc) is 3.05. The van der Waals surface area contributed by atoms with Gasteiger partial charge in [-0.1, -0.05) is 0 Å². The molecule has 23 heavy (non-hydrogen) atoms. The Kier molecular flexibility index (Phi) is 4.06. The summed E-state index contributed by atoms with van der Waals surface area (Å²) in [6, 6.07) is 11.5. The summed E-state index contributed by atoms with van der Waals surface area (Å²) in [7, 11) is 0. The van der Waals surface area contributed by atoms with Crippen LogP contribution in [-0.4, -0.2) is 36.1 Å². The summed E-state index contributed by atoms with van der Waals surface area (Å²) >= 11 is 0.107. The predicted molar refractivity (Wildman–Crippen MR) is 91.9 cm³/mol. The van der Waals surface area contributed by atoms with Gasteiger partial charge >= 0.3 is 139 Å². The predicted octanol–water partition coefficient (Wildman–Crippen LogP) is 1.44. The Balaban J connectivity index is 1.87. The van der Waals surface area contributed by atoms with Crippen LogP contribution in [0.3, 0.4) is 0 Å². The Morgan fingerprint density at radius 2 is 1.17 bits per heavy atom. The molecule has 0 amide bonds.